The number of halogens is 2. The Hall–Kier alpha value is -3.00. The third-order valence-electron chi connectivity index (χ3n) is 4.87. The van der Waals surface area contributed by atoms with E-state index in [2.05, 4.69) is 0 Å². The molecule has 1 aromatic heterocycles. The zero-order chi connectivity index (χ0) is 23.0. The number of aryl methyl sites for hydroxylation is 1. The van der Waals surface area contributed by atoms with E-state index < -0.39 is 17.1 Å². The van der Waals surface area contributed by atoms with Gasteiger partial charge in [0.15, 0.2) is 0 Å². The number of thioether (sulfide) groups is 1. The summed E-state index contributed by atoms with van der Waals surface area (Å²) < 4.78 is 5.82. The lowest BCUT2D eigenvalue weighted by Gasteiger charge is -2.13. The van der Waals surface area contributed by atoms with Gasteiger partial charge >= 0.3 is 5.97 Å². The van der Waals surface area contributed by atoms with Crippen molar-refractivity contribution < 1.29 is 23.9 Å². The van der Waals surface area contributed by atoms with Crippen LogP contribution in [0.4, 0.5) is 4.79 Å². The number of benzene rings is 2. The molecule has 1 saturated heterocycles. The van der Waals surface area contributed by atoms with Gasteiger partial charge < -0.3 is 9.52 Å². The molecular formula is C23H15Cl2NO5S. The number of aromatic carboxylic acids is 1. The molecule has 162 valence electrons. The van der Waals surface area contributed by atoms with Crippen LogP contribution in [0.5, 0.6) is 0 Å². The minimum Gasteiger partial charge on any atom is -0.478 e. The van der Waals surface area contributed by atoms with Crippen LogP contribution in [-0.4, -0.2) is 27.1 Å². The van der Waals surface area contributed by atoms with Gasteiger partial charge in [-0.15, -0.1) is 0 Å². The summed E-state index contributed by atoms with van der Waals surface area (Å²) in [5.74, 6) is -0.653. The molecule has 0 unspecified atom stereocenters. The van der Waals surface area contributed by atoms with E-state index in [1.54, 1.807) is 36.4 Å². The summed E-state index contributed by atoms with van der Waals surface area (Å²) in [5, 5.41) is 9.65. The maximum absolute atomic E-state index is 12.8. The molecule has 1 N–H and O–H groups in total. The minimum atomic E-state index is -1.03. The third kappa shape index (κ3) is 4.46. The Balaban J connectivity index is 1.57. The summed E-state index contributed by atoms with van der Waals surface area (Å²) in [6.45, 7) is 1.87. The molecular weight excluding hydrogens is 473 g/mol. The highest BCUT2D eigenvalue weighted by molar-refractivity contribution is 8.18. The van der Waals surface area contributed by atoms with Crippen LogP contribution < -0.4 is 0 Å². The molecule has 3 aromatic rings. The summed E-state index contributed by atoms with van der Waals surface area (Å²) in [4.78, 5) is 37.8. The first-order valence-corrected chi connectivity index (χ1v) is 10.9. The van der Waals surface area contributed by atoms with Gasteiger partial charge in [0.05, 0.1) is 17.0 Å². The number of carbonyl (C=O) groups excluding carboxylic acids is 2. The fourth-order valence-corrected chi connectivity index (χ4v) is 4.47. The van der Waals surface area contributed by atoms with Crippen molar-refractivity contribution in [1.29, 1.82) is 0 Å². The largest absolute Gasteiger partial charge is 0.478 e. The Morgan fingerprint density at radius 3 is 2.62 bits per heavy atom. The Kier molecular flexibility index (Phi) is 6.15. The molecule has 2 aromatic carbocycles. The Morgan fingerprint density at radius 1 is 1.12 bits per heavy atom. The van der Waals surface area contributed by atoms with Gasteiger partial charge in [-0.3, -0.25) is 14.5 Å². The highest BCUT2D eigenvalue weighted by atomic mass is 35.5. The standard InChI is InChI=1S/C23H15Cl2NO5S/c1-12-2-3-13(22(28)29)8-17(12)19-7-6-16(31-19)10-20-21(27)26(23(30)32-20)11-14-4-5-15(24)9-18(14)25/h2-10H,11H2,1H3,(H,28,29)/b20-10-. The van der Waals surface area contributed by atoms with Crippen LogP contribution in [-0.2, 0) is 11.3 Å². The van der Waals surface area contributed by atoms with E-state index in [-0.39, 0.29) is 17.0 Å². The van der Waals surface area contributed by atoms with Crippen LogP contribution in [0.2, 0.25) is 10.0 Å². The lowest BCUT2D eigenvalue weighted by atomic mass is 10.0. The van der Waals surface area contributed by atoms with Gasteiger partial charge in [0.2, 0.25) is 0 Å². The van der Waals surface area contributed by atoms with E-state index in [1.807, 2.05) is 6.92 Å². The quantitative estimate of drug-likeness (QED) is 0.413. The molecule has 1 fully saturated rings. The number of amides is 2. The van der Waals surface area contributed by atoms with Gasteiger partial charge in [0.25, 0.3) is 11.1 Å². The average molecular weight is 488 g/mol. The van der Waals surface area contributed by atoms with E-state index in [4.69, 9.17) is 27.6 Å². The predicted octanol–water partition coefficient (Wildman–Crippen LogP) is 6.50. The van der Waals surface area contributed by atoms with Gasteiger partial charge in [-0.2, -0.15) is 0 Å². The summed E-state index contributed by atoms with van der Waals surface area (Å²) >= 11 is 12.9. The van der Waals surface area contributed by atoms with E-state index in [0.717, 1.165) is 22.2 Å². The Labute approximate surface area is 197 Å². The number of carbonyl (C=O) groups is 3. The molecule has 9 heteroatoms. The van der Waals surface area contributed by atoms with Crippen molar-refractivity contribution in [3.63, 3.8) is 0 Å². The summed E-state index contributed by atoms with van der Waals surface area (Å²) in [6, 6.07) is 13.0. The van der Waals surface area contributed by atoms with Gasteiger partial charge in [0, 0.05) is 21.7 Å². The second-order valence-electron chi connectivity index (χ2n) is 7.04. The molecule has 0 radical (unpaired) electrons. The first kappa shape index (κ1) is 22.2. The lowest BCUT2D eigenvalue weighted by molar-refractivity contribution is -0.123. The third-order valence-corrected chi connectivity index (χ3v) is 6.36. The Bertz CT molecular complexity index is 1300. The van der Waals surface area contributed by atoms with Crippen molar-refractivity contribution >= 4 is 58.2 Å². The molecule has 32 heavy (non-hydrogen) atoms. The molecule has 2 amide bonds. The van der Waals surface area contributed by atoms with E-state index >= 15 is 0 Å². The number of hydrogen-bond donors (Lipinski definition) is 1. The topological polar surface area (TPSA) is 87.8 Å². The van der Waals surface area contributed by atoms with Gasteiger partial charge in [-0.25, -0.2) is 4.79 Å². The highest BCUT2D eigenvalue weighted by Crippen LogP contribution is 2.35. The normalized spacial score (nSPS) is 15.1. The molecule has 2 heterocycles. The van der Waals surface area contributed by atoms with Crippen molar-refractivity contribution in [3.8, 4) is 11.3 Å². The first-order chi connectivity index (χ1) is 15.2. The van der Waals surface area contributed by atoms with Gasteiger partial charge in [-0.1, -0.05) is 35.3 Å². The van der Waals surface area contributed by atoms with Crippen LogP contribution in [0.3, 0.4) is 0 Å². The molecule has 0 aliphatic carbocycles. The number of rotatable bonds is 5. The molecule has 4 rings (SSSR count). The minimum absolute atomic E-state index is 0.0303. The fraction of sp³-hybridized carbons (Fsp3) is 0.0870. The molecule has 1 aliphatic heterocycles. The number of carboxylic acid groups (broad SMARTS) is 1. The average Bonchev–Trinajstić information content (AvgIpc) is 3.30. The molecule has 1 aliphatic rings. The van der Waals surface area contributed by atoms with Crippen molar-refractivity contribution in [1.82, 2.24) is 4.90 Å². The SMILES string of the molecule is Cc1ccc(C(=O)O)cc1-c1ccc(/C=C2\SC(=O)N(Cc3ccc(Cl)cc3Cl)C2=O)o1. The van der Waals surface area contributed by atoms with E-state index in [0.29, 0.717) is 32.7 Å². The lowest BCUT2D eigenvalue weighted by Crippen LogP contribution is -2.27. The zero-order valence-corrected chi connectivity index (χ0v) is 18.9. The second kappa shape index (κ2) is 8.86. The molecule has 0 bridgehead atoms. The summed E-state index contributed by atoms with van der Waals surface area (Å²) in [6.07, 6.45) is 1.49. The summed E-state index contributed by atoms with van der Waals surface area (Å²) in [5.41, 5.74) is 2.23. The zero-order valence-electron chi connectivity index (χ0n) is 16.6. The van der Waals surface area contributed by atoms with Crippen LogP contribution in [0, 0.1) is 6.92 Å². The Morgan fingerprint density at radius 2 is 1.91 bits per heavy atom. The van der Waals surface area contributed by atoms with E-state index in [1.165, 1.54) is 18.2 Å². The van der Waals surface area contributed by atoms with Crippen LogP contribution >= 0.6 is 35.0 Å². The molecule has 6 nitrogen and oxygen atoms in total. The van der Waals surface area contributed by atoms with Crippen molar-refractivity contribution in [3.05, 3.63) is 85.9 Å². The number of hydrogen-bond acceptors (Lipinski definition) is 5. The van der Waals surface area contributed by atoms with Gasteiger partial charge in [0.1, 0.15) is 11.5 Å². The summed E-state index contributed by atoms with van der Waals surface area (Å²) in [7, 11) is 0. The van der Waals surface area contributed by atoms with Crippen molar-refractivity contribution in [2.45, 2.75) is 13.5 Å². The first-order valence-electron chi connectivity index (χ1n) is 9.36. The smallest absolute Gasteiger partial charge is 0.335 e. The molecule has 0 atom stereocenters. The van der Waals surface area contributed by atoms with Crippen LogP contribution in [0.1, 0.15) is 27.2 Å². The van der Waals surface area contributed by atoms with Crippen LogP contribution in [0.25, 0.3) is 17.4 Å². The van der Waals surface area contributed by atoms with Crippen molar-refractivity contribution in [2.24, 2.45) is 0 Å². The highest BCUT2D eigenvalue weighted by Gasteiger charge is 2.35. The number of carboxylic acids is 1. The van der Waals surface area contributed by atoms with Gasteiger partial charge in [-0.05, 0) is 66.2 Å². The van der Waals surface area contributed by atoms with E-state index in [9.17, 15) is 19.5 Å². The maximum Gasteiger partial charge on any atom is 0.335 e. The van der Waals surface area contributed by atoms with Crippen molar-refractivity contribution in [2.75, 3.05) is 0 Å². The number of furan rings is 1. The number of nitrogens with zero attached hydrogens (tertiary/aromatic N) is 1. The second-order valence-corrected chi connectivity index (χ2v) is 8.88. The fourth-order valence-electron chi connectivity index (χ4n) is 3.18. The predicted molar refractivity (Wildman–Crippen MR) is 124 cm³/mol. The maximum atomic E-state index is 12.8. The van der Waals surface area contributed by atoms with Crippen LogP contribution in [0.15, 0.2) is 57.9 Å². The molecule has 0 spiro atoms. The molecule has 0 saturated carbocycles. The monoisotopic (exact) mass is 487 g/mol. The number of imide groups is 1.